The lowest BCUT2D eigenvalue weighted by atomic mass is 9.85. The van der Waals surface area contributed by atoms with Gasteiger partial charge in [-0.15, -0.1) is 0 Å². The number of sulfone groups is 1. The first-order chi connectivity index (χ1) is 13.1. The van der Waals surface area contributed by atoms with Crippen molar-refractivity contribution in [2.75, 3.05) is 31.2 Å². The highest BCUT2D eigenvalue weighted by Crippen LogP contribution is 2.41. The highest BCUT2D eigenvalue weighted by molar-refractivity contribution is 7.95. The van der Waals surface area contributed by atoms with E-state index in [0.717, 1.165) is 17.1 Å². The molecule has 0 N–H and O–H groups in total. The number of hydrogen-bond acceptors (Lipinski definition) is 7. The maximum absolute atomic E-state index is 13.2. The predicted octanol–water partition coefficient (Wildman–Crippen LogP) is 0.981. The van der Waals surface area contributed by atoms with Crippen molar-refractivity contribution in [1.29, 1.82) is 0 Å². The molecule has 1 aromatic rings. The molecule has 156 valence electrons. The Kier molecular flexibility index (Phi) is 5.05. The molecule has 0 aliphatic carbocycles. The van der Waals surface area contributed by atoms with Crippen molar-refractivity contribution in [3.05, 3.63) is 23.3 Å². The molecule has 0 bridgehead atoms. The molecule has 0 radical (unpaired) electrons. The number of piperidine rings is 1. The van der Waals surface area contributed by atoms with Gasteiger partial charge in [0.25, 0.3) is 0 Å². The average Bonchev–Trinajstić information content (AvgIpc) is 3.02. The normalized spacial score (nSPS) is 30.6. The van der Waals surface area contributed by atoms with Crippen LogP contribution in [0, 0.1) is 0 Å². The molecule has 8 nitrogen and oxygen atoms in total. The molecule has 0 saturated carbocycles. The van der Waals surface area contributed by atoms with Crippen LogP contribution in [-0.4, -0.2) is 67.6 Å². The highest BCUT2D eigenvalue weighted by atomic mass is 32.2. The van der Waals surface area contributed by atoms with E-state index in [2.05, 4.69) is 4.98 Å². The first-order valence-electron chi connectivity index (χ1n) is 9.83. The number of fused-ring (bicyclic) bond motifs is 2. The molecule has 2 atom stereocenters. The standard InChI is InChI=1S/C18H27N3O5S2/c1-13(2)17-19-10-14-4-8-26-18(16(14)20-17)6-3-7-21(12-18)28(24,25)15-5-9-27(22,23)11-15/h10,13,15H,3-9,11-12H2,1-2H3/t15-,18+/m1/s1. The molecule has 4 heterocycles. The van der Waals surface area contributed by atoms with Gasteiger partial charge in [0.2, 0.25) is 10.0 Å². The van der Waals surface area contributed by atoms with E-state index in [1.165, 1.54) is 4.31 Å². The second-order valence-corrected chi connectivity index (χ2v) is 12.8. The molecule has 0 aromatic carbocycles. The first kappa shape index (κ1) is 20.2. The van der Waals surface area contributed by atoms with E-state index < -0.39 is 30.7 Å². The van der Waals surface area contributed by atoms with Gasteiger partial charge >= 0.3 is 0 Å². The molecular formula is C18H27N3O5S2. The van der Waals surface area contributed by atoms with Gasteiger partial charge in [-0.1, -0.05) is 13.8 Å². The fourth-order valence-electron chi connectivity index (χ4n) is 4.42. The van der Waals surface area contributed by atoms with Crippen molar-refractivity contribution in [1.82, 2.24) is 14.3 Å². The van der Waals surface area contributed by atoms with Crippen LogP contribution in [0.2, 0.25) is 0 Å². The van der Waals surface area contributed by atoms with Crippen molar-refractivity contribution in [2.45, 2.75) is 56.3 Å². The van der Waals surface area contributed by atoms with Crippen molar-refractivity contribution in [3.8, 4) is 0 Å². The maximum atomic E-state index is 13.2. The van der Waals surface area contributed by atoms with Gasteiger partial charge < -0.3 is 4.74 Å². The Morgan fingerprint density at radius 3 is 2.82 bits per heavy atom. The number of hydrogen-bond donors (Lipinski definition) is 0. The van der Waals surface area contributed by atoms with Gasteiger partial charge in [-0.25, -0.2) is 26.8 Å². The number of aromatic nitrogens is 2. The van der Waals surface area contributed by atoms with E-state index in [4.69, 9.17) is 9.72 Å². The fraction of sp³-hybridized carbons (Fsp3) is 0.778. The summed E-state index contributed by atoms with van der Waals surface area (Å²) in [7, 11) is -6.98. The smallest absolute Gasteiger partial charge is 0.218 e. The molecular weight excluding hydrogens is 402 g/mol. The van der Waals surface area contributed by atoms with E-state index in [-0.39, 0.29) is 30.4 Å². The third-order valence-electron chi connectivity index (χ3n) is 5.97. The topological polar surface area (TPSA) is 107 Å². The summed E-state index contributed by atoms with van der Waals surface area (Å²) < 4.78 is 57.6. The van der Waals surface area contributed by atoms with E-state index in [1.807, 2.05) is 20.0 Å². The van der Waals surface area contributed by atoms with Gasteiger partial charge in [-0.2, -0.15) is 4.31 Å². The SMILES string of the molecule is CC(C)c1ncc2c(n1)[C@@]1(CCCN(S(=O)(=O)[C@@H]3CCS(=O)(=O)C3)C1)OCC2. The minimum atomic E-state index is -3.71. The summed E-state index contributed by atoms with van der Waals surface area (Å²) in [6.07, 6.45) is 4.08. The maximum Gasteiger partial charge on any atom is 0.218 e. The second-order valence-electron chi connectivity index (χ2n) is 8.36. The van der Waals surface area contributed by atoms with E-state index in [1.54, 1.807) is 0 Å². The summed E-state index contributed by atoms with van der Waals surface area (Å²) in [6, 6.07) is 0. The Bertz CT molecular complexity index is 977. The molecule has 0 amide bonds. The Morgan fingerprint density at radius 2 is 2.14 bits per heavy atom. The molecule has 4 rings (SSSR count). The molecule has 0 unspecified atom stereocenters. The monoisotopic (exact) mass is 429 g/mol. The van der Waals surface area contributed by atoms with E-state index >= 15 is 0 Å². The fourth-order valence-corrected chi connectivity index (χ4v) is 9.03. The van der Waals surface area contributed by atoms with Gasteiger partial charge in [0.15, 0.2) is 9.84 Å². The van der Waals surface area contributed by atoms with Crippen molar-refractivity contribution >= 4 is 19.9 Å². The number of nitrogens with zero attached hydrogens (tertiary/aromatic N) is 3. The molecule has 10 heteroatoms. The van der Waals surface area contributed by atoms with Crippen molar-refractivity contribution in [3.63, 3.8) is 0 Å². The Hall–Kier alpha value is -1.10. The Balaban J connectivity index is 1.67. The largest absolute Gasteiger partial charge is 0.367 e. The minimum Gasteiger partial charge on any atom is -0.367 e. The van der Waals surface area contributed by atoms with Gasteiger partial charge in [0.1, 0.15) is 11.4 Å². The summed E-state index contributed by atoms with van der Waals surface area (Å²) in [6.45, 7) is 5.13. The second kappa shape index (κ2) is 7.00. The van der Waals surface area contributed by atoms with Crippen LogP contribution in [0.5, 0.6) is 0 Å². The molecule has 3 aliphatic rings. The van der Waals surface area contributed by atoms with Crippen molar-refractivity contribution in [2.24, 2.45) is 0 Å². The molecule has 28 heavy (non-hydrogen) atoms. The lowest BCUT2D eigenvalue weighted by Gasteiger charge is -2.45. The summed E-state index contributed by atoms with van der Waals surface area (Å²) in [4.78, 5) is 9.22. The van der Waals surface area contributed by atoms with Gasteiger partial charge in [0.05, 0.1) is 29.1 Å². The lowest BCUT2D eigenvalue weighted by molar-refractivity contribution is -0.0937. The Labute approximate surface area is 166 Å². The average molecular weight is 430 g/mol. The zero-order chi connectivity index (χ0) is 20.2. The minimum absolute atomic E-state index is 0.0554. The number of sulfonamides is 1. The van der Waals surface area contributed by atoms with Gasteiger partial charge in [-0.05, 0) is 31.2 Å². The molecule has 2 fully saturated rings. The van der Waals surface area contributed by atoms with E-state index in [9.17, 15) is 16.8 Å². The number of rotatable bonds is 3. The van der Waals surface area contributed by atoms with Crippen LogP contribution in [-0.2, 0) is 36.6 Å². The van der Waals surface area contributed by atoms with Crippen LogP contribution >= 0.6 is 0 Å². The van der Waals surface area contributed by atoms with Crippen LogP contribution in [0.15, 0.2) is 6.20 Å². The third-order valence-corrected chi connectivity index (χ3v) is 10.2. The van der Waals surface area contributed by atoms with Gasteiger partial charge in [0, 0.05) is 25.2 Å². The summed E-state index contributed by atoms with van der Waals surface area (Å²) in [5.74, 6) is 0.553. The van der Waals surface area contributed by atoms with E-state index in [0.29, 0.717) is 32.4 Å². The first-order valence-corrected chi connectivity index (χ1v) is 13.2. The van der Waals surface area contributed by atoms with Crippen LogP contribution in [0.1, 0.15) is 56.1 Å². The zero-order valence-corrected chi connectivity index (χ0v) is 17.9. The van der Waals surface area contributed by atoms with Gasteiger partial charge in [-0.3, -0.25) is 0 Å². The molecule has 1 spiro atoms. The highest BCUT2D eigenvalue weighted by Gasteiger charge is 2.49. The van der Waals surface area contributed by atoms with Crippen LogP contribution in [0.4, 0.5) is 0 Å². The zero-order valence-electron chi connectivity index (χ0n) is 16.3. The lowest BCUT2D eigenvalue weighted by Crippen LogP contribution is -2.54. The predicted molar refractivity (Wildman–Crippen MR) is 104 cm³/mol. The van der Waals surface area contributed by atoms with Crippen LogP contribution in [0.25, 0.3) is 0 Å². The quantitative estimate of drug-likeness (QED) is 0.705. The molecule has 1 aromatic heterocycles. The number of ether oxygens (including phenoxy) is 1. The summed E-state index contributed by atoms with van der Waals surface area (Å²) >= 11 is 0. The van der Waals surface area contributed by atoms with Crippen LogP contribution in [0.3, 0.4) is 0 Å². The van der Waals surface area contributed by atoms with Crippen LogP contribution < -0.4 is 0 Å². The van der Waals surface area contributed by atoms with Crippen molar-refractivity contribution < 1.29 is 21.6 Å². The summed E-state index contributed by atoms with van der Waals surface area (Å²) in [5, 5.41) is -0.854. The molecule has 3 aliphatic heterocycles. The molecule has 2 saturated heterocycles. The third kappa shape index (κ3) is 3.48. The Morgan fingerprint density at radius 1 is 1.36 bits per heavy atom. The summed E-state index contributed by atoms with van der Waals surface area (Å²) in [5.41, 5.74) is 1.04.